The Balaban J connectivity index is 0.000000845. The number of hydrogen-bond donors (Lipinski definition) is 2. The number of hydrogen-bond acceptors (Lipinski definition) is 2. The van der Waals surface area contributed by atoms with Crippen LogP contribution in [0.15, 0.2) is 0 Å². The standard InChI is InChI=1S/C10H19NO.ClH/c12-9-6-7-11-10(9)8-4-2-1-3-5-8;/h8-12H,1-7H2;1H. The summed E-state index contributed by atoms with van der Waals surface area (Å²) in [6.45, 7) is 1.02. The summed E-state index contributed by atoms with van der Waals surface area (Å²) < 4.78 is 0. The van der Waals surface area contributed by atoms with E-state index in [1.165, 1.54) is 32.1 Å². The summed E-state index contributed by atoms with van der Waals surface area (Å²) >= 11 is 0. The van der Waals surface area contributed by atoms with Crippen LogP contribution in [0.3, 0.4) is 0 Å². The fraction of sp³-hybridized carbons (Fsp3) is 1.00. The van der Waals surface area contributed by atoms with Crippen LogP contribution in [-0.4, -0.2) is 23.8 Å². The van der Waals surface area contributed by atoms with Crippen LogP contribution in [0.1, 0.15) is 38.5 Å². The topological polar surface area (TPSA) is 32.3 Å². The van der Waals surface area contributed by atoms with Crippen LogP contribution in [0.5, 0.6) is 0 Å². The lowest BCUT2D eigenvalue weighted by Crippen LogP contribution is -2.38. The molecule has 2 fully saturated rings. The van der Waals surface area contributed by atoms with E-state index in [1.54, 1.807) is 0 Å². The first kappa shape index (κ1) is 11.3. The Labute approximate surface area is 86.5 Å². The highest BCUT2D eigenvalue weighted by Crippen LogP contribution is 2.29. The molecule has 1 aliphatic heterocycles. The lowest BCUT2D eigenvalue weighted by molar-refractivity contribution is 0.116. The summed E-state index contributed by atoms with van der Waals surface area (Å²) in [4.78, 5) is 0. The second-order valence-electron chi connectivity index (χ2n) is 4.23. The summed E-state index contributed by atoms with van der Waals surface area (Å²) in [5, 5.41) is 13.1. The van der Waals surface area contributed by atoms with E-state index < -0.39 is 0 Å². The second-order valence-corrected chi connectivity index (χ2v) is 4.23. The molecule has 3 heteroatoms. The van der Waals surface area contributed by atoms with Crippen molar-refractivity contribution in [3.05, 3.63) is 0 Å². The van der Waals surface area contributed by atoms with Crippen LogP contribution in [0.25, 0.3) is 0 Å². The largest absolute Gasteiger partial charge is 0.391 e. The van der Waals surface area contributed by atoms with Gasteiger partial charge in [0.05, 0.1) is 6.10 Å². The predicted octanol–water partition coefficient (Wildman–Crippen LogP) is 1.71. The van der Waals surface area contributed by atoms with Gasteiger partial charge in [-0.3, -0.25) is 0 Å². The molecule has 2 N–H and O–H groups in total. The molecule has 0 radical (unpaired) electrons. The third-order valence-corrected chi connectivity index (χ3v) is 3.39. The molecule has 0 aromatic heterocycles. The van der Waals surface area contributed by atoms with Crippen LogP contribution in [0.4, 0.5) is 0 Å². The lowest BCUT2D eigenvalue weighted by Gasteiger charge is -2.29. The van der Waals surface area contributed by atoms with Crippen molar-refractivity contribution in [2.24, 2.45) is 5.92 Å². The zero-order valence-corrected chi connectivity index (χ0v) is 8.85. The first-order valence-corrected chi connectivity index (χ1v) is 5.29. The minimum Gasteiger partial charge on any atom is -0.391 e. The molecule has 2 atom stereocenters. The van der Waals surface area contributed by atoms with Gasteiger partial charge in [0.25, 0.3) is 0 Å². The van der Waals surface area contributed by atoms with E-state index in [0.717, 1.165) is 18.9 Å². The molecular formula is C10H20ClNO. The fourth-order valence-electron chi connectivity index (χ4n) is 2.69. The van der Waals surface area contributed by atoms with Crippen LogP contribution >= 0.6 is 12.4 Å². The Bertz CT molecular complexity index is 148. The maximum atomic E-state index is 9.68. The van der Waals surface area contributed by atoms with E-state index in [9.17, 15) is 5.11 Å². The summed E-state index contributed by atoms with van der Waals surface area (Å²) in [5.41, 5.74) is 0. The van der Waals surface area contributed by atoms with Crippen molar-refractivity contribution in [2.75, 3.05) is 6.54 Å². The zero-order chi connectivity index (χ0) is 8.39. The Morgan fingerprint density at radius 3 is 2.23 bits per heavy atom. The zero-order valence-electron chi connectivity index (χ0n) is 8.04. The van der Waals surface area contributed by atoms with Crippen LogP contribution in [0.2, 0.25) is 0 Å². The van der Waals surface area contributed by atoms with Gasteiger partial charge >= 0.3 is 0 Å². The van der Waals surface area contributed by atoms with Crippen molar-refractivity contribution >= 4 is 12.4 Å². The number of halogens is 1. The van der Waals surface area contributed by atoms with Crippen molar-refractivity contribution < 1.29 is 5.11 Å². The molecule has 1 heterocycles. The normalized spacial score (nSPS) is 35.8. The second kappa shape index (κ2) is 5.18. The molecule has 13 heavy (non-hydrogen) atoms. The van der Waals surface area contributed by atoms with Gasteiger partial charge in [-0.25, -0.2) is 0 Å². The van der Waals surface area contributed by atoms with E-state index in [2.05, 4.69) is 5.32 Å². The highest BCUT2D eigenvalue weighted by atomic mass is 35.5. The lowest BCUT2D eigenvalue weighted by atomic mass is 9.82. The molecular weight excluding hydrogens is 186 g/mol. The van der Waals surface area contributed by atoms with E-state index in [1.807, 2.05) is 0 Å². The predicted molar refractivity (Wildman–Crippen MR) is 56.2 cm³/mol. The van der Waals surface area contributed by atoms with Crippen molar-refractivity contribution in [3.63, 3.8) is 0 Å². The van der Waals surface area contributed by atoms with Gasteiger partial charge in [-0.05, 0) is 31.7 Å². The van der Waals surface area contributed by atoms with Gasteiger partial charge in [0.1, 0.15) is 0 Å². The average molecular weight is 206 g/mol. The Morgan fingerprint density at radius 1 is 1.00 bits per heavy atom. The molecule has 78 valence electrons. The summed E-state index contributed by atoms with van der Waals surface area (Å²) in [7, 11) is 0. The first-order valence-electron chi connectivity index (χ1n) is 5.29. The molecule has 2 unspecified atom stereocenters. The Kier molecular flexibility index (Phi) is 4.50. The van der Waals surface area contributed by atoms with Crippen molar-refractivity contribution in [1.82, 2.24) is 5.32 Å². The van der Waals surface area contributed by atoms with Crippen LogP contribution in [0, 0.1) is 5.92 Å². The smallest absolute Gasteiger partial charge is 0.0708 e. The maximum absolute atomic E-state index is 9.68. The average Bonchev–Trinajstić information content (AvgIpc) is 2.53. The number of aliphatic hydroxyl groups excluding tert-OH is 1. The maximum Gasteiger partial charge on any atom is 0.0708 e. The van der Waals surface area contributed by atoms with Gasteiger partial charge < -0.3 is 10.4 Å². The van der Waals surface area contributed by atoms with Crippen LogP contribution < -0.4 is 5.32 Å². The molecule has 1 saturated heterocycles. The van der Waals surface area contributed by atoms with E-state index in [4.69, 9.17) is 0 Å². The summed E-state index contributed by atoms with van der Waals surface area (Å²) in [5.74, 6) is 0.760. The van der Waals surface area contributed by atoms with Gasteiger partial charge in [-0.15, -0.1) is 12.4 Å². The van der Waals surface area contributed by atoms with E-state index >= 15 is 0 Å². The van der Waals surface area contributed by atoms with Crippen molar-refractivity contribution in [1.29, 1.82) is 0 Å². The molecule has 0 aromatic carbocycles. The Hall–Kier alpha value is 0.210. The van der Waals surface area contributed by atoms with Gasteiger partial charge in [-0.2, -0.15) is 0 Å². The minimum atomic E-state index is -0.0619. The quantitative estimate of drug-likeness (QED) is 0.683. The van der Waals surface area contributed by atoms with Gasteiger partial charge in [0.2, 0.25) is 0 Å². The SMILES string of the molecule is Cl.OC1CCNC1C1CCCCC1. The van der Waals surface area contributed by atoms with E-state index in [-0.39, 0.29) is 18.5 Å². The number of aliphatic hydroxyl groups is 1. The summed E-state index contributed by atoms with van der Waals surface area (Å²) in [6, 6.07) is 0.422. The number of rotatable bonds is 1. The van der Waals surface area contributed by atoms with Gasteiger partial charge in [0.15, 0.2) is 0 Å². The first-order chi connectivity index (χ1) is 5.88. The molecule has 1 saturated carbocycles. The minimum absolute atomic E-state index is 0. The number of nitrogens with one attached hydrogen (secondary N) is 1. The monoisotopic (exact) mass is 205 g/mol. The molecule has 0 bridgehead atoms. The van der Waals surface area contributed by atoms with Crippen LogP contribution in [-0.2, 0) is 0 Å². The third kappa shape index (κ3) is 2.58. The highest BCUT2D eigenvalue weighted by molar-refractivity contribution is 5.85. The van der Waals surface area contributed by atoms with Gasteiger partial charge in [-0.1, -0.05) is 19.3 Å². The molecule has 1 aliphatic carbocycles. The molecule has 0 aromatic rings. The molecule has 2 nitrogen and oxygen atoms in total. The molecule has 0 amide bonds. The molecule has 0 spiro atoms. The molecule has 2 aliphatic rings. The molecule has 2 rings (SSSR count). The van der Waals surface area contributed by atoms with Crippen molar-refractivity contribution in [3.8, 4) is 0 Å². The van der Waals surface area contributed by atoms with E-state index in [0.29, 0.717) is 6.04 Å². The fourth-order valence-corrected chi connectivity index (χ4v) is 2.69. The Morgan fingerprint density at radius 2 is 1.69 bits per heavy atom. The van der Waals surface area contributed by atoms with Gasteiger partial charge in [0, 0.05) is 6.04 Å². The van der Waals surface area contributed by atoms with Crippen molar-refractivity contribution in [2.45, 2.75) is 50.7 Å². The third-order valence-electron chi connectivity index (χ3n) is 3.39. The highest BCUT2D eigenvalue weighted by Gasteiger charge is 2.32. The summed E-state index contributed by atoms with van der Waals surface area (Å²) in [6.07, 6.45) is 7.70.